The molecule has 43 heavy (non-hydrogen) atoms. The molecule has 0 spiro atoms. The molecule has 2 fully saturated rings. The number of phenols is 1. The molecule has 0 atom stereocenters. The number of rotatable bonds is 9. The second kappa shape index (κ2) is 16.1. The van der Waals surface area contributed by atoms with Gasteiger partial charge >= 0.3 is 0 Å². The van der Waals surface area contributed by atoms with E-state index < -0.39 is 0 Å². The van der Waals surface area contributed by atoms with Crippen molar-refractivity contribution in [1.82, 2.24) is 19.7 Å². The summed E-state index contributed by atoms with van der Waals surface area (Å²) in [6.45, 7) is 14.6. The van der Waals surface area contributed by atoms with Crippen LogP contribution in [-0.4, -0.2) is 103 Å². The van der Waals surface area contributed by atoms with Crippen LogP contribution in [0, 0.1) is 6.92 Å². The molecule has 2 saturated heterocycles. The maximum atomic E-state index is 13.4. The SMILES string of the molecule is CC.COc1ccccc1/C=C/Nc1ncc(-c2ccc(O)c(C(=O)N3CCN(CCN4CCOCC4)CC3)c2)cc1C. The molecule has 1 aromatic heterocycles. The van der Waals surface area contributed by atoms with Crippen molar-refractivity contribution in [2.45, 2.75) is 20.8 Å². The Bertz CT molecular complexity index is 1360. The number of piperazine rings is 1. The molecule has 5 rings (SSSR count). The highest BCUT2D eigenvalue weighted by molar-refractivity contribution is 5.98. The molecular weight excluding hydrogens is 542 g/mol. The number of ether oxygens (including phenoxy) is 2. The second-order valence-electron chi connectivity index (χ2n) is 10.4. The van der Waals surface area contributed by atoms with Crippen molar-refractivity contribution in [3.63, 3.8) is 0 Å². The number of phenolic OH excluding ortho intramolecular Hbond substituents is 1. The van der Waals surface area contributed by atoms with Crippen LogP contribution in [0.25, 0.3) is 17.2 Å². The summed E-state index contributed by atoms with van der Waals surface area (Å²) in [6, 6.07) is 15.0. The van der Waals surface area contributed by atoms with Crippen molar-refractivity contribution < 1.29 is 19.4 Å². The molecule has 230 valence electrons. The highest BCUT2D eigenvalue weighted by Crippen LogP contribution is 2.29. The number of aromatic hydroxyl groups is 1. The Hall–Kier alpha value is -3.92. The molecule has 2 aliphatic rings. The van der Waals surface area contributed by atoms with Gasteiger partial charge in [0.15, 0.2) is 0 Å². The number of aromatic nitrogens is 1. The van der Waals surface area contributed by atoms with Crippen LogP contribution in [-0.2, 0) is 4.74 Å². The van der Waals surface area contributed by atoms with Gasteiger partial charge in [-0.25, -0.2) is 4.98 Å². The summed E-state index contributed by atoms with van der Waals surface area (Å²) in [5.41, 5.74) is 3.96. The van der Waals surface area contributed by atoms with Crippen LogP contribution in [0.15, 0.2) is 60.9 Å². The summed E-state index contributed by atoms with van der Waals surface area (Å²) in [4.78, 5) is 24.7. The van der Waals surface area contributed by atoms with E-state index in [9.17, 15) is 9.90 Å². The van der Waals surface area contributed by atoms with Crippen molar-refractivity contribution in [2.24, 2.45) is 0 Å². The lowest BCUT2D eigenvalue weighted by atomic mass is 10.0. The Morgan fingerprint density at radius 2 is 1.67 bits per heavy atom. The Morgan fingerprint density at radius 1 is 0.977 bits per heavy atom. The number of carbonyl (C=O) groups excluding carboxylic acids is 1. The minimum atomic E-state index is -0.137. The topological polar surface area (TPSA) is 90.4 Å². The molecule has 0 saturated carbocycles. The smallest absolute Gasteiger partial charge is 0.257 e. The third-order valence-electron chi connectivity index (χ3n) is 7.76. The summed E-state index contributed by atoms with van der Waals surface area (Å²) < 4.78 is 10.8. The first-order chi connectivity index (χ1) is 21.0. The molecular formula is C34H45N5O4. The van der Waals surface area contributed by atoms with Gasteiger partial charge < -0.3 is 24.8 Å². The Kier molecular flexibility index (Phi) is 12.0. The number of pyridine rings is 1. The Morgan fingerprint density at radius 3 is 2.37 bits per heavy atom. The first kappa shape index (κ1) is 32.0. The molecule has 0 radical (unpaired) electrons. The summed E-state index contributed by atoms with van der Waals surface area (Å²) in [5.74, 6) is 1.40. The van der Waals surface area contributed by atoms with Gasteiger partial charge in [-0.15, -0.1) is 0 Å². The third-order valence-corrected chi connectivity index (χ3v) is 7.76. The average Bonchev–Trinajstić information content (AvgIpc) is 3.06. The summed E-state index contributed by atoms with van der Waals surface area (Å²) in [5, 5.41) is 13.8. The Labute approximate surface area is 255 Å². The van der Waals surface area contributed by atoms with E-state index in [1.54, 1.807) is 25.4 Å². The zero-order valence-electron chi connectivity index (χ0n) is 25.9. The fourth-order valence-corrected chi connectivity index (χ4v) is 5.24. The monoisotopic (exact) mass is 587 g/mol. The van der Waals surface area contributed by atoms with Crippen LogP contribution in [0.4, 0.5) is 5.82 Å². The van der Waals surface area contributed by atoms with E-state index in [-0.39, 0.29) is 11.7 Å². The van der Waals surface area contributed by atoms with Crippen molar-refractivity contribution >= 4 is 17.8 Å². The Balaban J connectivity index is 0.00000207. The molecule has 3 aromatic rings. The third kappa shape index (κ3) is 8.56. The number of anilines is 1. The lowest BCUT2D eigenvalue weighted by molar-refractivity contribution is 0.0293. The molecule has 0 bridgehead atoms. The zero-order chi connectivity index (χ0) is 30.6. The van der Waals surface area contributed by atoms with E-state index in [1.807, 2.05) is 74.3 Å². The number of nitrogens with one attached hydrogen (secondary N) is 1. The molecule has 2 aliphatic heterocycles. The van der Waals surface area contributed by atoms with Crippen LogP contribution in [0.3, 0.4) is 0 Å². The maximum absolute atomic E-state index is 13.4. The quantitative estimate of drug-likeness (QED) is 0.363. The number of carbonyl (C=O) groups is 1. The number of hydrogen-bond acceptors (Lipinski definition) is 8. The molecule has 0 unspecified atom stereocenters. The van der Waals surface area contributed by atoms with Crippen LogP contribution in [0.2, 0.25) is 0 Å². The van der Waals surface area contributed by atoms with E-state index in [1.165, 1.54) is 0 Å². The standard InChI is InChI=1S/C32H39N5O4.C2H6/c1-24-21-27(23-34-31(24)33-10-9-25-5-3-4-6-30(25)40-2)26-7-8-29(38)28(22-26)32(39)37-15-13-35(14-16-37)11-12-36-17-19-41-20-18-36;1-2/h3-10,21-23,38H,11-20H2,1-2H3,(H,33,34);1-2H3/b10-9+;. The molecule has 2 aromatic carbocycles. The van der Waals surface area contributed by atoms with Crippen LogP contribution < -0.4 is 10.1 Å². The van der Waals surface area contributed by atoms with Gasteiger partial charge in [0.05, 0.1) is 25.9 Å². The van der Waals surface area contributed by atoms with Gasteiger partial charge in [-0.3, -0.25) is 14.6 Å². The highest BCUT2D eigenvalue weighted by Gasteiger charge is 2.25. The van der Waals surface area contributed by atoms with Gasteiger partial charge in [0, 0.05) is 75.9 Å². The van der Waals surface area contributed by atoms with Crippen molar-refractivity contribution in [2.75, 3.05) is 78.0 Å². The number of nitrogens with zero attached hydrogens (tertiary/aromatic N) is 4. The largest absolute Gasteiger partial charge is 0.507 e. The molecule has 3 heterocycles. The lowest BCUT2D eigenvalue weighted by Gasteiger charge is -2.36. The van der Waals surface area contributed by atoms with Gasteiger partial charge in [-0.05, 0) is 48.4 Å². The predicted molar refractivity (Wildman–Crippen MR) is 173 cm³/mol. The van der Waals surface area contributed by atoms with E-state index in [0.29, 0.717) is 18.7 Å². The fraction of sp³-hybridized carbons (Fsp3) is 0.412. The maximum Gasteiger partial charge on any atom is 0.257 e. The molecule has 2 N–H and O–H groups in total. The number of benzene rings is 2. The first-order valence-corrected chi connectivity index (χ1v) is 15.2. The van der Waals surface area contributed by atoms with Crippen molar-refractivity contribution in [3.8, 4) is 22.6 Å². The average molecular weight is 588 g/mol. The van der Waals surface area contributed by atoms with Crippen LogP contribution in [0.1, 0.15) is 35.3 Å². The second-order valence-corrected chi connectivity index (χ2v) is 10.4. The summed E-state index contributed by atoms with van der Waals surface area (Å²) in [7, 11) is 1.65. The molecule has 1 amide bonds. The van der Waals surface area contributed by atoms with Gasteiger partial charge in [-0.2, -0.15) is 0 Å². The number of aryl methyl sites for hydroxylation is 1. The van der Waals surface area contributed by atoms with Gasteiger partial charge in [-0.1, -0.05) is 38.1 Å². The van der Waals surface area contributed by atoms with E-state index in [0.717, 1.165) is 86.3 Å². The van der Waals surface area contributed by atoms with Crippen molar-refractivity contribution in [1.29, 1.82) is 0 Å². The summed E-state index contributed by atoms with van der Waals surface area (Å²) in [6.07, 6.45) is 5.56. The van der Waals surface area contributed by atoms with Gasteiger partial charge in [0.1, 0.15) is 17.3 Å². The van der Waals surface area contributed by atoms with Crippen LogP contribution in [0.5, 0.6) is 11.5 Å². The van der Waals surface area contributed by atoms with E-state index in [2.05, 4.69) is 20.1 Å². The number of para-hydroxylation sites is 1. The number of hydrogen-bond donors (Lipinski definition) is 2. The van der Waals surface area contributed by atoms with E-state index >= 15 is 0 Å². The highest BCUT2D eigenvalue weighted by atomic mass is 16.5. The lowest BCUT2D eigenvalue weighted by Crippen LogP contribution is -2.51. The van der Waals surface area contributed by atoms with Crippen molar-refractivity contribution in [3.05, 3.63) is 77.6 Å². The zero-order valence-corrected chi connectivity index (χ0v) is 25.9. The summed E-state index contributed by atoms with van der Waals surface area (Å²) >= 11 is 0. The normalized spacial score (nSPS) is 16.0. The van der Waals surface area contributed by atoms with Gasteiger partial charge in [0.2, 0.25) is 0 Å². The predicted octanol–water partition coefficient (Wildman–Crippen LogP) is 4.97. The van der Waals surface area contributed by atoms with Crippen LogP contribution >= 0.6 is 0 Å². The first-order valence-electron chi connectivity index (χ1n) is 15.2. The number of methoxy groups -OCH3 is 1. The number of morpholine rings is 1. The molecule has 9 heteroatoms. The minimum Gasteiger partial charge on any atom is -0.507 e. The van der Waals surface area contributed by atoms with E-state index in [4.69, 9.17) is 9.47 Å². The molecule has 0 aliphatic carbocycles. The number of amides is 1. The van der Waals surface area contributed by atoms with Gasteiger partial charge in [0.25, 0.3) is 5.91 Å². The fourth-order valence-electron chi connectivity index (χ4n) is 5.24. The minimum absolute atomic E-state index is 0.00191. The molecule has 9 nitrogen and oxygen atoms in total.